The minimum Gasteiger partial charge on any atom is -0.497 e. The number of carbonyl (C=O) groups excluding carboxylic acids is 2. The molecule has 3 rings (SSSR count). The molecule has 10 heteroatoms. The van der Waals surface area contributed by atoms with Gasteiger partial charge in [0.05, 0.1) is 30.3 Å². The van der Waals surface area contributed by atoms with E-state index in [2.05, 4.69) is 5.32 Å². The first-order valence-corrected chi connectivity index (χ1v) is 9.79. The van der Waals surface area contributed by atoms with Crippen LogP contribution in [0.5, 0.6) is 17.2 Å². The lowest BCUT2D eigenvalue weighted by Crippen LogP contribution is -2.46. The molecule has 0 saturated carbocycles. The third kappa shape index (κ3) is 4.48. The van der Waals surface area contributed by atoms with E-state index in [1.54, 1.807) is 44.2 Å². The molecule has 2 amide bonds. The number of methoxy groups -OCH3 is 1. The second-order valence-corrected chi connectivity index (χ2v) is 6.92. The van der Waals surface area contributed by atoms with Crippen LogP contribution in [0.25, 0.3) is 0 Å². The fourth-order valence-electron chi connectivity index (χ4n) is 3.27. The van der Waals surface area contributed by atoms with Gasteiger partial charge in [-0.15, -0.1) is 0 Å². The van der Waals surface area contributed by atoms with Crippen LogP contribution >= 0.6 is 0 Å². The number of nitrogens with one attached hydrogen (secondary N) is 1. The van der Waals surface area contributed by atoms with Crippen LogP contribution < -0.4 is 14.8 Å². The molecular weight excluding hydrogens is 418 g/mol. The molecule has 168 valence electrons. The Hall–Kier alpha value is -4.08. The minimum atomic E-state index is -0.911. The Kier molecular flexibility index (Phi) is 6.62. The molecule has 1 N–H and O–H groups in total. The van der Waals surface area contributed by atoms with Crippen molar-refractivity contribution in [3.05, 3.63) is 69.4 Å². The maximum atomic E-state index is 12.6. The summed E-state index contributed by atoms with van der Waals surface area (Å²) in [5.41, 5.74) is 0.639. The Labute approximate surface area is 184 Å². The Balaban J connectivity index is 2.01. The van der Waals surface area contributed by atoms with E-state index in [0.29, 0.717) is 22.8 Å². The summed E-state index contributed by atoms with van der Waals surface area (Å²) in [5, 5.41) is 14.5. The molecular formula is C22H23N3O7. The van der Waals surface area contributed by atoms with Gasteiger partial charge in [0.1, 0.15) is 11.5 Å². The van der Waals surface area contributed by atoms with Gasteiger partial charge in [-0.2, -0.15) is 0 Å². The predicted octanol–water partition coefficient (Wildman–Crippen LogP) is 3.93. The molecule has 0 radical (unpaired) electrons. The maximum absolute atomic E-state index is 12.6. The smallest absolute Gasteiger partial charge is 0.338 e. The van der Waals surface area contributed by atoms with Crippen molar-refractivity contribution in [2.24, 2.45) is 0 Å². The molecule has 1 aliphatic rings. The van der Waals surface area contributed by atoms with Gasteiger partial charge in [-0.05, 0) is 49.7 Å². The molecule has 0 aliphatic carbocycles. The molecule has 1 heterocycles. The zero-order valence-electron chi connectivity index (χ0n) is 18.1. The van der Waals surface area contributed by atoms with E-state index in [-0.39, 0.29) is 23.6 Å². The number of benzene rings is 2. The molecule has 0 fully saturated rings. The number of amides is 2. The molecule has 0 unspecified atom stereocenters. The number of hydrogen-bond acceptors (Lipinski definition) is 7. The summed E-state index contributed by atoms with van der Waals surface area (Å²) < 4.78 is 15.9. The number of urea groups is 1. The average molecular weight is 441 g/mol. The van der Waals surface area contributed by atoms with E-state index in [9.17, 15) is 19.7 Å². The zero-order valence-corrected chi connectivity index (χ0v) is 18.1. The third-order valence-corrected chi connectivity index (χ3v) is 5.05. The van der Waals surface area contributed by atoms with Crippen molar-refractivity contribution in [3.63, 3.8) is 0 Å². The van der Waals surface area contributed by atoms with Crippen molar-refractivity contribution in [2.75, 3.05) is 20.8 Å². The van der Waals surface area contributed by atoms with Crippen molar-refractivity contribution in [1.82, 2.24) is 10.2 Å². The molecule has 1 aliphatic heterocycles. The van der Waals surface area contributed by atoms with Crippen LogP contribution in [0.4, 0.5) is 10.5 Å². The number of allylic oxidation sites excluding steroid dienone is 1. The predicted molar refractivity (Wildman–Crippen MR) is 115 cm³/mol. The van der Waals surface area contributed by atoms with Crippen molar-refractivity contribution >= 4 is 17.7 Å². The maximum Gasteiger partial charge on any atom is 0.338 e. The molecule has 32 heavy (non-hydrogen) atoms. The summed E-state index contributed by atoms with van der Waals surface area (Å²) >= 11 is 0. The quantitative estimate of drug-likeness (QED) is 0.393. The van der Waals surface area contributed by atoms with Gasteiger partial charge in [0.2, 0.25) is 5.75 Å². The summed E-state index contributed by atoms with van der Waals surface area (Å²) in [5.74, 6) is 0.413. The molecule has 0 bridgehead atoms. The number of nitro benzene ring substituents is 1. The van der Waals surface area contributed by atoms with Gasteiger partial charge < -0.3 is 24.4 Å². The standard InChI is InChI=1S/C22H23N3O7/c1-5-31-21(26)19-13(2)24(3)22(27)23-20(19)14-6-11-18(17(12-14)25(28)29)32-16-9-7-15(30-4)8-10-16/h6-12,20H,5H2,1-4H3,(H,23,27)/t20-/m1/s1. The van der Waals surface area contributed by atoms with E-state index in [1.807, 2.05) is 0 Å². The SMILES string of the molecule is CCOC(=O)C1=C(C)N(C)C(=O)N[C@@H]1c1ccc(Oc2ccc(OC)cc2)c([N+](=O)[O-])c1. The van der Waals surface area contributed by atoms with E-state index >= 15 is 0 Å². The Morgan fingerprint density at radius 3 is 2.44 bits per heavy atom. The summed E-state index contributed by atoms with van der Waals surface area (Å²) in [4.78, 5) is 37.4. The van der Waals surface area contributed by atoms with Gasteiger partial charge in [-0.1, -0.05) is 6.07 Å². The summed E-state index contributed by atoms with van der Waals surface area (Å²) in [7, 11) is 3.05. The number of hydrogen-bond donors (Lipinski definition) is 1. The Bertz CT molecular complexity index is 1080. The number of ether oxygens (including phenoxy) is 3. The van der Waals surface area contributed by atoms with Crippen LogP contribution in [-0.4, -0.2) is 42.6 Å². The number of rotatable bonds is 7. The van der Waals surface area contributed by atoms with Crippen molar-refractivity contribution < 1.29 is 28.7 Å². The first kappa shape index (κ1) is 22.6. The Morgan fingerprint density at radius 2 is 1.84 bits per heavy atom. The minimum absolute atomic E-state index is 0.0153. The highest BCUT2D eigenvalue weighted by atomic mass is 16.6. The van der Waals surface area contributed by atoms with Gasteiger partial charge in [0.15, 0.2) is 0 Å². The van der Waals surface area contributed by atoms with Crippen LogP contribution in [-0.2, 0) is 9.53 Å². The molecule has 0 saturated heterocycles. The summed E-state index contributed by atoms with van der Waals surface area (Å²) in [6, 6.07) is 9.51. The lowest BCUT2D eigenvalue weighted by molar-refractivity contribution is -0.385. The van der Waals surface area contributed by atoms with E-state index in [0.717, 1.165) is 0 Å². The van der Waals surface area contributed by atoms with Crippen LogP contribution in [0.15, 0.2) is 53.7 Å². The highest BCUT2D eigenvalue weighted by molar-refractivity contribution is 5.95. The highest BCUT2D eigenvalue weighted by Crippen LogP contribution is 2.37. The first-order valence-electron chi connectivity index (χ1n) is 9.79. The van der Waals surface area contributed by atoms with Crippen LogP contribution in [0, 0.1) is 10.1 Å². The number of nitro groups is 1. The van der Waals surface area contributed by atoms with Crippen LogP contribution in [0.1, 0.15) is 25.5 Å². The van der Waals surface area contributed by atoms with Gasteiger partial charge in [0.25, 0.3) is 0 Å². The second-order valence-electron chi connectivity index (χ2n) is 6.92. The topological polar surface area (TPSA) is 120 Å². The van der Waals surface area contributed by atoms with E-state index < -0.39 is 23.0 Å². The number of esters is 1. The number of nitrogens with zero attached hydrogens (tertiary/aromatic N) is 2. The second kappa shape index (κ2) is 9.38. The van der Waals surface area contributed by atoms with Gasteiger partial charge in [-0.3, -0.25) is 10.1 Å². The largest absolute Gasteiger partial charge is 0.497 e. The fraction of sp³-hybridized carbons (Fsp3) is 0.273. The summed E-state index contributed by atoms with van der Waals surface area (Å²) in [6.45, 7) is 3.44. The molecule has 2 aromatic carbocycles. The Morgan fingerprint density at radius 1 is 1.19 bits per heavy atom. The normalized spacial score (nSPS) is 15.8. The van der Waals surface area contributed by atoms with E-state index in [1.165, 1.54) is 31.2 Å². The van der Waals surface area contributed by atoms with Crippen LogP contribution in [0.3, 0.4) is 0 Å². The van der Waals surface area contributed by atoms with Crippen molar-refractivity contribution in [1.29, 1.82) is 0 Å². The fourth-order valence-corrected chi connectivity index (χ4v) is 3.27. The first-order chi connectivity index (χ1) is 15.3. The molecule has 10 nitrogen and oxygen atoms in total. The third-order valence-electron chi connectivity index (χ3n) is 5.05. The molecule has 0 spiro atoms. The average Bonchev–Trinajstić information content (AvgIpc) is 2.78. The van der Waals surface area contributed by atoms with Crippen molar-refractivity contribution in [2.45, 2.75) is 19.9 Å². The molecule has 1 atom stereocenters. The molecule has 2 aromatic rings. The lowest BCUT2D eigenvalue weighted by Gasteiger charge is -2.33. The van der Waals surface area contributed by atoms with Gasteiger partial charge in [-0.25, -0.2) is 9.59 Å². The van der Waals surface area contributed by atoms with Gasteiger partial charge >= 0.3 is 17.7 Å². The summed E-state index contributed by atoms with van der Waals surface area (Å²) in [6.07, 6.45) is 0. The van der Waals surface area contributed by atoms with Crippen LogP contribution in [0.2, 0.25) is 0 Å². The highest BCUT2D eigenvalue weighted by Gasteiger charge is 2.36. The van der Waals surface area contributed by atoms with Gasteiger partial charge in [0, 0.05) is 18.8 Å². The lowest BCUT2D eigenvalue weighted by atomic mass is 9.94. The molecule has 0 aromatic heterocycles. The zero-order chi connectivity index (χ0) is 23.4. The monoisotopic (exact) mass is 441 g/mol. The van der Waals surface area contributed by atoms with E-state index in [4.69, 9.17) is 14.2 Å². The number of carbonyl (C=O) groups is 2. The van der Waals surface area contributed by atoms with Crippen molar-refractivity contribution in [3.8, 4) is 17.2 Å².